The number of phenols is 1. The summed E-state index contributed by atoms with van der Waals surface area (Å²) in [4.78, 5) is 0. The van der Waals surface area contributed by atoms with Crippen molar-refractivity contribution >= 4 is 15.9 Å². The Kier molecular flexibility index (Phi) is 4.54. The lowest BCUT2D eigenvalue weighted by Gasteiger charge is -2.52. The van der Waals surface area contributed by atoms with Crippen molar-refractivity contribution in [1.82, 2.24) is 5.32 Å². The highest BCUT2D eigenvalue weighted by molar-refractivity contribution is 9.10. The smallest absolute Gasteiger partial charge is 0.129 e. The Balaban J connectivity index is 1.88. The van der Waals surface area contributed by atoms with Crippen LogP contribution in [0.1, 0.15) is 32.8 Å². The molecule has 0 saturated heterocycles. The molecule has 1 aromatic carbocycles. The molecule has 1 aliphatic rings. The highest BCUT2D eigenvalue weighted by Crippen LogP contribution is 2.42. The first kappa shape index (κ1) is 14.8. The van der Waals surface area contributed by atoms with Crippen molar-refractivity contribution in [3.63, 3.8) is 0 Å². The maximum Gasteiger partial charge on any atom is 0.129 e. The van der Waals surface area contributed by atoms with Crippen molar-refractivity contribution in [3.05, 3.63) is 28.2 Å². The molecule has 1 saturated carbocycles. The van der Waals surface area contributed by atoms with E-state index in [-0.39, 0.29) is 11.2 Å². The summed E-state index contributed by atoms with van der Waals surface area (Å²) in [5, 5.41) is 13.0. The standard InChI is InChI=1S/C15H22BrNO2/c1-4-19-14-8-13(15(14,2)3)17-9-10-5-6-12(18)11(16)7-10/h5-7,13-14,17-18H,4,8-9H2,1-3H3. The van der Waals surface area contributed by atoms with Gasteiger partial charge in [0.1, 0.15) is 5.75 Å². The SMILES string of the molecule is CCOC1CC(NCc2ccc(O)c(Br)c2)C1(C)C. The van der Waals surface area contributed by atoms with Gasteiger partial charge in [0.25, 0.3) is 0 Å². The summed E-state index contributed by atoms with van der Waals surface area (Å²) in [5.41, 5.74) is 1.35. The van der Waals surface area contributed by atoms with Crippen LogP contribution < -0.4 is 5.32 Å². The normalized spacial score (nSPS) is 25.1. The van der Waals surface area contributed by atoms with Crippen molar-refractivity contribution in [3.8, 4) is 5.75 Å². The summed E-state index contributed by atoms with van der Waals surface area (Å²) >= 11 is 3.34. The third-order valence-electron chi connectivity index (χ3n) is 4.11. The number of nitrogens with one attached hydrogen (secondary N) is 1. The number of rotatable bonds is 5. The van der Waals surface area contributed by atoms with Gasteiger partial charge in [-0.15, -0.1) is 0 Å². The molecule has 0 amide bonds. The summed E-state index contributed by atoms with van der Waals surface area (Å²) in [6, 6.07) is 6.10. The van der Waals surface area contributed by atoms with E-state index in [0.29, 0.717) is 12.1 Å². The zero-order valence-corrected chi connectivity index (χ0v) is 13.3. The van der Waals surface area contributed by atoms with E-state index in [1.165, 1.54) is 5.56 Å². The maximum absolute atomic E-state index is 9.47. The average molecular weight is 328 g/mol. The molecule has 2 N–H and O–H groups in total. The highest BCUT2D eigenvalue weighted by atomic mass is 79.9. The first-order valence-corrected chi connectivity index (χ1v) is 7.56. The van der Waals surface area contributed by atoms with E-state index in [1.54, 1.807) is 6.07 Å². The largest absolute Gasteiger partial charge is 0.507 e. The lowest BCUT2D eigenvalue weighted by molar-refractivity contribution is -0.114. The first-order chi connectivity index (χ1) is 8.95. The number of hydrogen-bond acceptors (Lipinski definition) is 3. The second-order valence-corrected chi connectivity index (χ2v) is 6.57. The Morgan fingerprint density at radius 2 is 2.21 bits per heavy atom. The molecule has 0 aliphatic heterocycles. The molecule has 1 aromatic rings. The molecule has 106 valence electrons. The Labute approximate surface area is 123 Å². The fourth-order valence-corrected chi connectivity index (χ4v) is 3.04. The third kappa shape index (κ3) is 3.12. The van der Waals surface area contributed by atoms with E-state index in [9.17, 15) is 5.11 Å². The highest BCUT2D eigenvalue weighted by Gasteiger charge is 2.48. The fraction of sp³-hybridized carbons (Fsp3) is 0.600. The van der Waals surface area contributed by atoms with Crippen LogP contribution in [0.4, 0.5) is 0 Å². The van der Waals surface area contributed by atoms with Gasteiger partial charge in [-0.25, -0.2) is 0 Å². The molecule has 0 radical (unpaired) electrons. The third-order valence-corrected chi connectivity index (χ3v) is 4.75. The van der Waals surface area contributed by atoms with Gasteiger partial charge in [0, 0.05) is 24.6 Å². The summed E-state index contributed by atoms with van der Waals surface area (Å²) in [7, 11) is 0. The average Bonchev–Trinajstić information content (AvgIpc) is 2.37. The minimum atomic E-state index is 0.185. The molecule has 0 spiro atoms. The topological polar surface area (TPSA) is 41.5 Å². The summed E-state index contributed by atoms with van der Waals surface area (Å²) in [6.07, 6.45) is 1.43. The molecule has 19 heavy (non-hydrogen) atoms. The van der Waals surface area contributed by atoms with Gasteiger partial charge in [-0.05, 0) is 47.0 Å². The van der Waals surface area contributed by atoms with Gasteiger partial charge in [-0.2, -0.15) is 0 Å². The lowest BCUT2D eigenvalue weighted by Crippen LogP contribution is -2.60. The number of ether oxygens (including phenoxy) is 1. The van der Waals surface area contributed by atoms with E-state index >= 15 is 0 Å². The van der Waals surface area contributed by atoms with Crippen LogP contribution in [-0.2, 0) is 11.3 Å². The molecule has 3 nitrogen and oxygen atoms in total. The molecule has 1 fully saturated rings. The van der Waals surface area contributed by atoms with E-state index in [1.807, 2.05) is 19.1 Å². The van der Waals surface area contributed by atoms with Crippen LogP contribution in [0.5, 0.6) is 5.75 Å². The Morgan fingerprint density at radius 3 is 2.79 bits per heavy atom. The van der Waals surface area contributed by atoms with Crippen LogP contribution in [0.3, 0.4) is 0 Å². The quantitative estimate of drug-likeness (QED) is 0.870. The van der Waals surface area contributed by atoms with Crippen LogP contribution in [0, 0.1) is 5.41 Å². The van der Waals surface area contributed by atoms with Gasteiger partial charge >= 0.3 is 0 Å². The molecule has 0 bridgehead atoms. The van der Waals surface area contributed by atoms with Crippen molar-refractivity contribution in [2.45, 2.75) is 45.9 Å². The minimum absolute atomic E-state index is 0.185. The number of hydrogen-bond donors (Lipinski definition) is 2. The number of benzene rings is 1. The van der Waals surface area contributed by atoms with Crippen LogP contribution in [0.15, 0.2) is 22.7 Å². The molecule has 2 atom stereocenters. The maximum atomic E-state index is 9.47. The van der Waals surface area contributed by atoms with Crippen LogP contribution in [0.2, 0.25) is 0 Å². The van der Waals surface area contributed by atoms with E-state index in [4.69, 9.17) is 4.74 Å². The van der Waals surface area contributed by atoms with Crippen LogP contribution >= 0.6 is 15.9 Å². The Bertz CT molecular complexity index is 448. The Morgan fingerprint density at radius 1 is 1.47 bits per heavy atom. The van der Waals surface area contributed by atoms with Gasteiger partial charge < -0.3 is 15.2 Å². The molecule has 0 heterocycles. The molecule has 4 heteroatoms. The lowest BCUT2D eigenvalue weighted by atomic mass is 9.64. The van der Waals surface area contributed by atoms with Gasteiger partial charge in [0.15, 0.2) is 0 Å². The van der Waals surface area contributed by atoms with E-state index < -0.39 is 0 Å². The summed E-state index contributed by atoms with van der Waals surface area (Å²) < 4.78 is 6.47. The van der Waals surface area contributed by atoms with Gasteiger partial charge in [-0.3, -0.25) is 0 Å². The molecular formula is C15H22BrNO2. The van der Waals surface area contributed by atoms with E-state index in [0.717, 1.165) is 24.0 Å². The van der Waals surface area contributed by atoms with Crippen molar-refractivity contribution in [2.24, 2.45) is 5.41 Å². The zero-order chi connectivity index (χ0) is 14.0. The van der Waals surface area contributed by atoms with Crippen molar-refractivity contribution in [1.29, 1.82) is 0 Å². The predicted molar refractivity (Wildman–Crippen MR) is 80.2 cm³/mol. The van der Waals surface area contributed by atoms with Gasteiger partial charge in [0.05, 0.1) is 10.6 Å². The molecule has 1 aliphatic carbocycles. The van der Waals surface area contributed by atoms with Gasteiger partial charge in [0.2, 0.25) is 0 Å². The summed E-state index contributed by atoms with van der Waals surface area (Å²) in [5.74, 6) is 0.282. The van der Waals surface area contributed by atoms with Crippen LogP contribution in [0.25, 0.3) is 0 Å². The number of halogens is 1. The first-order valence-electron chi connectivity index (χ1n) is 6.77. The fourth-order valence-electron chi connectivity index (χ4n) is 2.62. The molecule has 0 aromatic heterocycles. The minimum Gasteiger partial charge on any atom is -0.507 e. The van der Waals surface area contributed by atoms with Crippen molar-refractivity contribution < 1.29 is 9.84 Å². The van der Waals surface area contributed by atoms with Crippen LogP contribution in [-0.4, -0.2) is 23.9 Å². The summed E-state index contributed by atoms with van der Waals surface area (Å²) in [6.45, 7) is 8.14. The van der Waals surface area contributed by atoms with Gasteiger partial charge in [-0.1, -0.05) is 19.9 Å². The van der Waals surface area contributed by atoms with Crippen molar-refractivity contribution in [2.75, 3.05) is 6.61 Å². The molecule has 2 rings (SSSR count). The number of phenolic OH excluding ortho intramolecular Hbond substituents is 1. The molecule has 2 unspecified atom stereocenters. The Hall–Kier alpha value is -0.580. The zero-order valence-electron chi connectivity index (χ0n) is 11.7. The predicted octanol–water partition coefficient (Wildman–Crippen LogP) is 3.45. The molecular weight excluding hydrogens is 306 g/mol. The second-order valence-electron chi connectivity index (χ2n) is 5.72. The second kappa shape index (κ2) is 5.81. The monoisotopic (exact) mass is 327 g/mol. The van der Waals surface area contributed by atoms with E-state index in [2.05, 4.69) is 35.1 Å². The number of aromatic hydroxyl groups is 1.